The predicted molar refractivity (Wildman–Crippen MR) is 126 cm³/mol. The minimum absolute atomic E-state index is 0.113. The molecule has 0 radical (unpaired) electrons. The number of ether oxygens (including phenoxy) is 1. The number of fused-ring (bicyclic) bond motifs is 1. The Bertz CT molecular complexity index is 1140. The highest BCUT2D eigenvalue weighted by molar-refractivity contribution is 8.01. The molecule has 1 heterocycles. The van der Waals surface area contributed by atoms with E-state index in [1.807, 2.05) is 72.8 Å². The van der Waals surface area contributed by atoms with Crippen molar-refractivity contribution in [2.24, 2.45) is 0 Å². The second kappa shape index (κ2) is 10.4. The fraction of sp³-hybridized carbons (Fsp3) is 0.125. The monoisotopic (exact) mass is 464 g/mol. The molecule has 0 saturated carbocycles. The molecule has 32 heavy (non-hydrogen) atoms. The number of rotatable bonds is 7. The molecule has 0 aliphatic carbocycles. The second-order valence-corrected chi connectivity index (χ2v) is 9.28. The molecule has 3 aromatic carbocycles. The van der Waals surface area contributed by atoms with Crippen LogP contribution in [-0.4, -0.2) is 29.6 Å². The fourth-order valence-corrected chi connectivity index (χ4v) is 5.06. The van der Waals surface area contributed by atoms with Crippen LogP contribution in [0.5, 0.6) is 0 Å². The van der Waals surface area contributed by atoms with Gasteiger partial charge >= 0.3 is 5.97 Å². The lowest BCUT2D eigenvalue weighted by molar-refractivity contribution is -0.147. The van der Waals surface area contributed by atoms with Crippen LogP contribution in [0.3, 0.4) is 0 Å². The zero-order valence-corrected chi connectivity index (χ0v) is 18.6. The Morgan fingerprint density at radius 2 is 1.69 bits per heavy atom. The molecule has 0 bridgehead atoms. The van der Waals surface area contributed by atoms with Crippen LogP contribution in [0.15, 0.2) is 93.5 Å². The number of hydrogen-bond donors (Lipinski definition) is 2. The number of thioether (sulfide) groups is 1. The Labute approximate surface area is 194 Å². The molecule has 0 spiro atoms. The summed E-state index contributed by atoms with van der Waals surface area (Å²) in [7, 11) is 0. The molecule has 8 heteroatoms. The Balaban J connectivity index is 1.29. The van der Waals surface area contributed by atoms with E-state index in [1.165, 1.54) is 23.5 Å². The standard InChI is InChI=1S/C24H20N2O4S2/c27-22(25-17-10-4-6-12-19(17)31-16-8-2-1-3-9-16)15-30-23(28)14-21-24(29)26-18-11-5-7-13-20(18)32-21/h1-13,21H,14-15H2,(H,25,27)(H,26,29)/t21-/m0/s1. The molecule has 1 atom stereocenters. The first-order chi connectivity index (χ1) is 15.6. The molecular weight excluding hydrogens is 444 g/mol. The summed E-state index contributed by atoms with van der Waals surface area (Å²) in [4.78, 5) is 39.7. The van der Waals surface area contributed by atoms with Gasteiger partial charge in [0.25, 0.3) is 5.91 Å². The molecule has 2 N–H and O–H groups in total. The number of carbonyl (C=O) groups is 3. The number of esters is 1. The average Bonchev–Trinajstić information content (AvgIpc) is 2.80. The molecule has 1 aliphatic rings. The van der Waals surface area contributed by atoms with E-state index in [-0.39, 0.29) is 12.3 Å². The van der Waals surface area contributed by atoms with E-state index < -0.39 is 23.7 Å². The summed E-state index contributed by atoms with van der Waals surface area (Å²) >= 11 is 2.85. The van der Waals surface area contributed by atoms with Crippen LogP contribution in [0.4, 0.5) is 11.4 Å². The molecule has 0 saturated heterocycles. The summed E-state index contributed by atoms with van der Waals surface area (Å²) in [6.45, 7) is -0.418. The van der Waals surface area contributed by atoms with Crippen molar-refractivity contribution in [2.75, 3.05) is 17.2 Å². The largest absolute Gasteiger partial charge is 0.456 e. The summed E-state index contributed by atoms with van der Waals surface area (Å²) in [5, 5.41) is 4.99. The van der Waals surface area contributed by atoms with Crippen molar-refractivity contribution in [3.63, 3.8) is 0 Å². The van der Waals surface area contributed by atoms with Crippen LogP contribution in [0.25, 0.3) is 0 Å². The van der Waals surface area contributed by atoms with E-state index in [0.717, 1.165) is 20.4 Å². The summed E-state index contributed by atoms with van der Waals surface area (Å²) in [6, 6.07) is 24.7. The van der Waals surface area contributed by atoms with Gasteiger partial charge in [-0.15, -0.1) is 11.8 Å². The third-order valence-corrected chi connectivity index (χ3v) is 6.91. The molecule has 0 fully saturated rings. The topological polar surface area (TPSA) is 84.5 Å². The fourth-order valence-electron chi connectivity index (χ4n) is 3.04. The van der Waals surface area contributed by atoms with Gasteiger partial charge in [-0.25, -0.2) is 0 Å². The van der Waals surface area contributed by atoms with Gasteiger partial charge in [-0.05, 0) is 36.4 Å². The van der Waals surface area contributed by atoms with Crippen molar-refractivity contribution in [3.05, 3.63) is 78.9 Å². The Hall–Kier alpha value is -3.23. The van der Waals surface area contributed by atoms with Gasteiger partial charge in [-0.1, -0.05) is 54.2 Å². The Morgan fingerprint density at radius 1 is 0.969 bits per heavy atom. The Kier molecular flexibility index (Phi) is 7.14. The number of nitrogens with one attached hydrogen (secondary N) is 2. The molecule has 1 aliphatic heterocycles. The molecule has 3 aromatic rings. The van der Waals surface area contributed by atoms with Crippen molar-refractivity contribution >= 4 is 52.7 Å². The van der Waals surface area contributed by atoms with Crippen LogP contribution in [-0.2, 0) is 19.1 Å². The van der Waals surface area contributed by atoms with E-state index in [4.69, 9.17) is 4.74 Å². The van der Waals surface area contributed by atoms with Gasteiger partial charge in [0.15, 0.2) is 6.61 Å². The first-order valence-corrected chi connectivity index (χ1v) is 11.6. The molecule has 4 rings (SSSR count). The highest BCUT2D eigenvalue weighted by Gasteiger charge is 2.29. The minimum atomic E-state index is -0.598. The van der Waals surface area contributed by atoms with Gasteiger partial charge in [0, 0.05) is 14.7 Å². The lowest BCUT2D eigenvalue weighted by Gasteiger charge is -2.23. The summed E-state index contributed by atoms with van der Waals surface area (Å²) in [5.41, 5.74) is 1.37. The van der Waals surface area contributed by atoms with Crippen molar-refractivity contribution in [1.29, 1.82) is 0 Å². The second-order valence-electron chi connectivity index (χ2n) is 6.92. The SMILES string of the molecule is O=C(COC(=O)C[C@@H]1Sc2ccccc2NC1=O)Nc1ccccc1Sc1ccccc1. The third kappa shape index (κ3) is 5.72. The lowest BCUT2D eigenvalue weighted by atomic mass is 10.2. The molecule has 6 nitrogen and oxygen atoms in total. The van der Waals surface area contributed by atoms with Crippen molar-refractivity contribution in [2.45, 2.75) is 26.4 Å². The number of anilines is 2. The number of benzene rings is 3. The molecule has 0 aromatic heterocycles. The van der Waals surface area contributed by atoms with Crippen LogP contribution >= 0.6 is 23.5 Å². The smallest absolute Gasteiger partial charge is 0.307 e. The first kappa shape index (κ1) is 22.0. The van der Waals surface area contributed by atoms with Crippen molar-refractivity contribution in [3.8, 4) is 0 Å². The van der Waals surface area contributed by atoms with Crippen LogP contribution < -0.4 is 10.6 Å². The predicted octanol–water partition coefficient (Wildman–Crippen LogP) is 4.82. The molecule has 162 valence electrons. The molecule has 0 unspecified atom stereocenters. The van der Waals surface area contributed by atoms with Gasteiger partial charge in [0.1, 0.15) is 0 Å². The van der Waals surface area contributed by atoms with Crippen LogP contribution in [0, 0.1) is 0 Å². The van der Waals surface area contributed by atoms with Gasteiger partial charge in [-0.3, -0.25) is 14.4 Å². The van der Waals surface area contributed by atoms with E-state index in [2.05, 4.69) is 10.6 Å². The minimum Gasteiger partial charge on any atom is -0.456 e. The van der Waals surface area contributed by atoms with E-state index in [9.17, 15) is 14.4 Å². The van der Waals surface area contributed by atoms with E-state index in [1.54, 1.807) is 6.07 Å². The molecule has 2 amide bonds. The lowest BCUT2D eigenvalue weighted by Crippen LogP contribution is -2.32. The highest BCUT2D eigenvalue weighted by Crippen LogP contribution is 2.37. The summed E-state index contributed by atoms with van der Waals surface area (Å²) in [6.07, 6.45) is -0.113. The van der Waals surface area contributed by atoms with Gasteiger partial charge in [-0.2, -0.15) is 0 Å². The van der Waals surface area contributed by atoms with E-state index >= 15 is 0 Å². The summed E-state index contributed by atoms with van der Waals surface area (Å²) < 4.78 is 5.12. The van der Waals surface area contributed by atoms with Crippen molar-refractivity contribution in [1.82, 2.24) is 0 Å². The highest BCUT2D eigenvalue weighted by atomic mass is 32.2. The quantitative estimate of drug-likeness (QED) is 0.488. The maximum atomic E-state index is 12.4. The van der Waals surface area contributed by atoms with Gasteiger partial charge < -0.3 is 15.4 Å². The van der Waals surface area contributed by atoms with Gasteiger partial charge in [0.2, 0.25) is 5.91 Å². The summed E-state index contributed by atoms with van der Waals surface area (Å²) in [5.74, 6) is -1.29. The number of hydrogen-bond acceptors (Lipinski definition) is 6. The maximum Gasteiger partial charge on any atom is 0.307 e. The first-order valence-electron chi connectivity index (χ1n) is 9.92. The van der Waals surface area contributed by atoms with Crippen LogP contribution in [0.2, 0.25) is 0 Å². The van der Waals surface area contributed by atoms with Gasteiger partial charge in [0.05, 0.1) is 23.0 Å². The van der Waals surface area contributed by atoms with Crippen molar-refractivity contribution < 1.29 is 19.1 Å². The number of carbonyl (C=O) groups excluding carboxylic acids is 3. The van der Waals surface area contributed by atoms with E-state index in [0.29, 0.717) is 5.69 Å². The number of para-hydroxylation sites is 2. The Morgan fingerprint density at radius 3 is 2.53 bits per heavy atom. The molecular formula is C24H20N2O4S2. The number of amides is 2. The zero-order chi connectivity index (χ0) is 22.3. The average molecular weight is 465 g/mol. The normalized spacial score (nSPS) is 14.8. The third-order valence-electron chi connectivity index (χ3n) is 4.56. The zero-order valence-electron chi connectivity index (χ0n) is 16.9. The van der Waals surface area contributed by atoms with Crippen LogP contribution in [0.1, 0.15) is 6.42 Å². The maximum absolute atomic E-state index is 12.4.